The fourth-order valence-electron chi connectivity index (χ4n) is 2.41. The number of aromatic nitrogens is 3. The van der Waals surface area contributed by atoms with E-state index in [9.17, 15) is 4.79 Å². The topological polar surface area (TPSA) is 69.0 Å². The summed E-state index contributed by atoms with van der Waals surface area (Å²) in [6.45, 7) is 0.451. The Morgan fingerprint density at radius 3 is 2.80 bits per heavy atom. The lowest BCUT2D eigenvalue weighted by Crippen LogP contribution is -2.22. The molecule has 0 saturated carbocycles. The highest BCUT2D eigenvalue weighted by atomic mass is 32.1. The summed E-state index contributed by atoms with van der Waals surface area (Å²) >= 11 is 1.54. The monoisotopic (exact) mass is 356 g/mol. The number of hydrogen-bond donors (Lipinski definition) is 1. The normalized spacial score (nSPS) is 10.6. The molecule has 2 heterocycles. The van der Waals surface area contributed by atoms with Crippen LogP contribution in [0.4, 0.5) is 0 Å². The lowest BCUT2D eigenvalue weighted by molar-refractivity contribution is -0.121. The first-order valence-corrected chi connectivity index (χ1v) is 8.85. The van der Waals surface area contributed by atoms with Gasteiger partial charge in [0.1, 0.15) is 10.8 Å². The van der Waals surface area contributed by atoms with Crippen LogP contribution in [-0.4, -0.2) is 27.8 Å². The number of aryl methyl sites for hydroxylation is 2. The molecule has 0 atom stereocenters. The highest BCUT2D eigenvalue weighted by molar-refractivity contribution is 7.09. The van der Waals surface area contributed by atoms with E-state index in [2.05, 4.69) is 15.4 Å². The van der Waals surface area contributed by atoms with Gasteiger partial charge in [-0.25, -0.2) is 4.98 Å². The zero-order valence-corrected chi connectivity index (χ0v) is 15.0. The molecule has 1 N–H and O–H groups in total. The van der Waals surface area contributed by atoms with Crippen molar-refractivity contribution in [1.82, 2.24) is 20.1 Å². The van der Waals surface area contributed by atoms with Crippen LogP contribution in [0.2, 0.25) is 0 Å². The molecule has 2 aromatic heterocycles. The van der Waals surface area contributed by atoms with Crippen molar-refractivity contribution in [3.8, 4) is 17.0 Å². The Labute approximate surface area is 150 Å². The second kappa shape index (κ2) is 7.94. The fraction of sp³-hybridized carbons (Fsp3) is 0.278. The van der Waals surface area contributed by atoms with Crippen molar-refractivity contribution in [2.24, 2.45) is 7.05 Å². The number of rotatable bonds is 7. The van der Waals surface area contributed by atoms with Crippen molar-refractivity contribution in [3.05, 3.63) is 52.6 Å². The number of thiazole rings is 1. The van der Waals surface area contributed by atoms with E-state index in [0.717, 1.165) is 27.6 Å². The largest absolute Gasteiger partial charge is 0.497 e. The van der Waals surface area contributed by atoms with Crippen molar-refractivity contribution >= 4 is 17.2 Å². The molecule has 0 saturated heterocycles. The molecule has 0 aliphatic heterocycles. The second-order valence-corrected chi connectivity index (χ2v) is 6.60. The minimum Gasteiger partial charge on any atom is -0.497 e. The number of hydrogen-bond acceptors (Lipinski definition) is 5. The Kier molecular flexibility index (Phi) is 5.45. The number of nitrogens with zero attached hydrogens (tertiary/aromatic N) is 3. The first-order chi connectivity index (χ1) is 12.1. The first-order valence-electron chi connectivity index (χ1n) is 7.97. The Balaban J connectivity index is 1.50. The van der Waals surface area contributed by atoms with E-state index < -0.39 is 0 Å². The van der Waals surface area contributed by atoms with Gasteiger partial charge >= 0.3 is 0 Å². The van der Waals surface area contributed by atoms with E-state index in [1.54, 1.807) is 29.3 Å². The zero-order chi connectivity index (χ0) is 17.6. The average Bonchev–Trinajstić information content (AvgIpc) is 3.27. The summed E-state index contributed by atoms with van der Waals surface area (Å²) in [6, 6.07) is 7.78. The minimum absolute atomic E-state index is 0.0186. The smallest absolute Gasteiger partial charge is 0.220 e. The molecule has 0 bridgehead atoms. The molecule has 130 valence electrons. The van der Waals surface area contributed by atoms with Crippen molar-refractivity contribution < 1.29 is 9.53 Å². The Hall–Kier alpha value is -2.67. The number of benzene rings is 1. The third kappa shape index (κ3) is 4.67. The molecule has 7 heteroatoms. The van der Waals surface area contributed by atoms with E-state index in [-0.39, 0.29) is 5.91 Å². The highest BCUT2D eigenvalue weighted by Gasteiger charge is 2.08. The molecule has 0 aliphatic rings. The van der Waals surface area contributed by atoms with Crippen LogP contribution in [0.15, 0.2) is 42.0 Å². The van der Waals surface area contributed by atoms with Crippen LogP contribution in [0, 0.1) is 0 Å². The molecule has 1 amide bonds. The summed E-state index contributed by atoms with van der Waals surface area (Å²) in [5, 5.41) is 9.91. The van der Waals surface area contributed by atoms with E-state index >= 15 is 0 Å². The molecule has 0 unspecified atom stereocenters. The van der Waals surface area contributed by atoms with E-state index in [4.69, 9.17) is 4.74 Å². The van der Waals surface area contributed by atoms with E-state index in [1.165, 1.54) is 0 Å². The van der Waals surface area contributed by atoms with Crippen LogP contribution in [0.5, 0.6) is 5.75 Å². The lowest BCUT2D eigenvalue weighted by atomic mass is 10.2. The summed E-state index contributed by atoms with van der Waals surface area (Å²) in [6.07, 6.45) is 4.85. The third-order valence-electron chi connectivity index (χ3n) is 3.77. The summed E-state index contributed by atoms with van der Waals surface area (Å²) < 4.78 is 6.90. The maximum Gasteiger partial charge on any atom is 0.220 e. The van der Waals surface area contributed by atoms with Gasteiger partial charge in [-0.05, 0) is 36.2 Å². The van der Waals surface area contributed by atoms with Crippen LogP contribution >= 0.6 is 11.3 Å². The summed E-state index contributed by atoms with van der Waals surface area (Å²) in [5.41, 5.74) is 3.01. The number of carbonyl (C=O) groups is 1. The van der Waals surface area contributed by atoms with Gasteiger partial charge in [0.2, 0.25) is 5.91 Å². The molecule has 0 spiro atoms. The average molecular weight is 356 g/mol. The van der Waals surface area contributed by atoms with Gasteiger partial charge in [0.05, 0.1) is 25.5 Å². The lowest BCUT2D eigenvalue weighted by Gasteiger charge is -2.02. The summed E-state index contributed by atoms with van der Waals surface area (Å²) in [7, 11) is 3.51. The molecule has 0 radical (unpaired) electrons. The molecule has 0 aliphatic carbocycles. The molecule has 6 nitrogen and oxygen atoms in total. The predicted molar refractivity (Wildman–Crippen MR) is 97.5 cm³/mol. The number of ether oxygens (including phenoxy) is 1. The van der Waals surface area contributed by atoms with Crippen LogP contribution in [0.25, 0.3) is 11.3 Å². The number of methoxy groups -OCH3 is 1. The van der Waals surface area contributed by atoms with Gasteiger partial charge in [-0.15, -0.1) is 11.3 Å². The molecule has 0 fully saturated rings. The minimum atomic E-state index is 0.0186. The van der Waals surface area contributed by atoms with Gasteiger partial charge in [0, 0.05) is 30.6 Å². The number of nitrogens with one attached hydrogen (secondary N) is 1. The van der Waals surface area contributed by atoms with Gasteiger partial charge in [-0.2, -0.15) is 5.10 Å². The Morgan fingerprint density at radius 2 is 2.12 bits per heavy atom. The van der Waals surface area contributed by atoms with Crippen LogP contribution in [0.3, 0.4) is 0 Å². The van der Waals surface area contributed by atoms with E-state index in [0.29, 0.717) is 19.4 Å². The van der Waals surface area contributed by atoms with Crippen LogP contribution in [-0.2, 0) is 24.8 Å². The van der Waals surface area contributed by atoms with Crippen LogP contribution < -0.4 is 10.1 Å². The molecule has 3 rings (SSSR count). The fourth-order valence-corrected chi connectivity index (χ4v) is 3.15. The van der Waals surface area contributed by atoms with Crippen molar-refractivity contribution in [2.75, 3.05) is 7.11 Å². The molecular weight excluding hydrogens is 336 g/mol. The quantitative estimate of drug-likeness (QED) is 0.707. The maximum absolute atomic E-state index is 12.0. The van der Waals surface area contributed by atoms with Crippen molar-refractivity contribution in [3.63, 3.8) is 0 Å². The number of carbonyl (C=O) groups excluding carboxylic acids is 1. The first kappa shape index (κ1) is 17.2. The van der Waals surface area contributed by atoms with Gasteiger partial charge in [-0.3, -0.25) is 9.48 Å². The van der Waals surface area contributed by atoms with Gasteiger partial charge in [0.15, 0.2) is 0 Å². The zero-order valence-electron chi connectivity index (χ0n) is 14.2. The predicted octanol–water partition coefficient (Wildman–Crippen LogP) is 2.80. The van der Waals surface area contributed by atoms with Gasteiger partial charge < -0.3 is 10.1 Å². The molecule has 1 aromatic carbocycles. The van der Waals surface area contributed by atoms with E-state index in [1.807, 2.05) is 42.9 Å². The standard InChI is InChI=1S/C18H20N4O2S/c1-22-11-13(9-20-22)3-8-17(23)19-10-18-21-16(12-25-18)14-4-6-15(24-2)7-5-14/h4-7,9,11-12H,3,8,10H2,1-2H3,(H,19,23). The van der Waals surface area contributed by atoms with Gasteiger partial charge in [-0.1, -0.05) is 0 Å². The number of amides is 1. The Bertz CT molecular complexity index is 839. The third-order valence-corrected chi connectivity index (χ3v) is 4.62. The van der Waals surface area contributed by atoms with Crippen LogP contribution in [0.1, 0.15) is 17.0 Å². The SMILES string of the molecule is COc1ccc(-c2csc(CNC(=O)CCc3cnn(C)c3)n2)cc1. The van der Waals surface area contributed by atoms with Crippen molar-refractivity contribution in [1.29, 1.82) is 0 Å². The highest BCUT2D eigenvalue weighted by Crippen LogP contribution is 2.24. The summed E-state index contributed by atoms with van der Waals surface area (Å²) in [4.78, 5) is 16.5. The maximum atomic E-state index is 12.0. The molecule has 3 aromatic rings. The van der Waals surface area contributed by atoms with Gasteiger partial charge in [0.25, 0.3) is 0 Å². The Morgan fingerprint density at radius 1 is 1.32 bits per heavy atom. The summed E-state index contributed by atoms with van der Waals surface area (Å²) in [5.74, 6) is 0.838. The van der Waals surface area contributed by atoms with Crippen molar-refractivity contribution in [2.45, 2.75) is 19.4 Å². The molecular formula is C18H20N4O2S. The molecule has 25 heavy (non-hydrogen) atoms. The second-order valence-electron chi connectivity index (χ2n) is 5.65.